The molecule has 2 aliphatic rings. The molecule has 1 aromatic carbocycles. The summed E-state index contributed by atoms with van der Waals surface area (Å²) in [6.45, 7) is 4.29. The number of likely N-dealkylation sites (tertiary alicyclic amines) is 1. The second-order valence-corrected chi connectivity index (χ2v) is 5.61. The van der Waals surface area contributed by atoms with Gasteiger partial charge in [0.1, 0.15) is 12.4 Å². The van der Waals surface area contributed by atoms with E-state index in [-0.39, 0.29) is 0 Å². The van der Waals surface area contributed by atoms with Crippen LogP contribution in [0.1, 0.15) is 25.7 Å². The van der Waals surface area contributed by atoms with Gasteiger partial charge in [-0.3, -0.25) is 4.90 Å². The van der Waals surface area contributed by atoms with Crippen molar-refractivity contribution in [2.45, 2.75) is 37.8 Å². The van der Waals surface area contributed by atoms with E-state index in [0.29, 0.717) is 0 Å². The molecule has 1 N–H and O–H groups in total. The molecule has 0 amide bonds. The highest BCUT2D eigenvalue weighted by Crippen LogP contribution is 2.24. The van der Waals surface area contributed by atoms with Crippen LogP contribution in [0.25, 0.3) is 0 Å². The molecule has 2 atom stereocenters. The van der Waals surface area contributed by atoms with Crippen LogP contribution < -0.4 is 10.1 Å². The standard InChI is InChI=1S/C16H24N2O/c1-2-6-14(7-3-1)19-13-12-18-11-5-9-16(18)15-8-4-10-17-15/h1-3,6-7,15-17H,4-5,8-13H2. The average molecular weight is 260 g/mol. The molecule has 0 spiro atoms. The maximum absolute atomic E-state index is 5.82. The number of hydrogen-bond acceptors (Lipinski definition) is 3. The van der Waals surface area contributed by atoms with Crippen LogP contribution in [-0.4, -0.2) is 43.2 Å². The van der Waals surface area contributed by atoms with Crippen molar-refractivity contribution in [3.8, 4) is 5.75 Å². The van der Waals surface area contributed by atoms with Crippen LogP contribution in [0.4, 0.5) is 0 Å². The maximum Gasteiger partial charge on any atom is 0.119 e. The Labute approximate surface area is 115 Å². The monoisotopic (exact) mass is 260 g/mol. The van der Waals surface area contributed by atoms with Crippen molar-refractivity contribution in [1.29, 1.82) is 0 Å². The zero-order chi connectivity index (χ0) is 12.9. The Hall–Kier alpha value is -1.06. The zero-order valence-electron chi connectivity index (χ0n) is 11.6. The Kier molecular flexibility index (Phi) is 4.36. The Morgan fingerprint density at radius 1 is 1.16 bits per heavy atom. The van der Waals surface area contributed by atoms with E-state index in [1.54, 1.807) is 0 Å². The molecular formula is C16H24N2O. The highest BCUT2D eigenvalue weighted by molar-refractivity contribution is 5.20. The molecule has 2 unspecified atom stereocenters. The fourth-order valence-corrected chi connectivity index (χ4v) is 3.42. The van der Waals surface area contributed by atoms with Gasteiger partial charge in [-0.05, 0) is 50.9 Å². The van der Waals surface area contributed by atoms with Crippen molar-refractivity contribution in [3.05, 3.63) is 30.3 Å². The normalized spacial score (nSPS) is 27.8. The van der Waals surface area contributed by atoms with Crippen LogP contribution in [0, 0.1) is 0 Å². The van der Waals surface area contributed by atoms with E-state index in [2.05, 4.69) is 10.2 Å². The van der Waals surface area contributed by atoms with Gasteiger partial charge in [-0.25, -0.2) is 0 Å². The van der Waals surface area contributed by atoms with Gasteiger partial charge in [0, 0.05) is 18.6 Å². The molecule has 0 bridgehead atoms. The van der Waals surface area contributed by atoms with Crippen molar-refractivity contribution in [3.63, 3.8) is 0 Å². The molecule has 3 rings (SSSR count). The molecule has 0 radical (unpaired) electrons. The van der Waals surface area contributed by atoms with Crippen molar-refractivity contribution in [2.24, 2.45) is 0 Å². The SMILES string of the molecule is c1ccc(OCCN2CCCC2C2CCCN2)cc1. The Balaban J connectivity index is 1.46. The summed E-state index contributed by atoms with van der Waals surface area (Å²) in [5.74, 6) is 0.984. The minimum Gasteiger partial charge on any atom is -0.492 e. The number of rotatable bonds is 5. The van der Waals surface area contributed by atoms with Gasteiger partial charge in [0.15, 0.2) is 0 Å². The molecule has 2 saturated heterocycles. The van der Waals surface area contributed by atoms with Crippen molar-refractivity contribution in [2.75, 3.05) is 26.2 Å². The summed E-state index contributed by atoms with van der Waals surface area (Å²) < 4.78 is 5.82. The van der Waals surface area contributed by atoms with E-state index in [9.17, 15) is 0 Å². The van der Waals surface area contributed by atoms with Gasteiger partial charge in [0.25, 0.3) is 0 Å². The molecule has 3 nitrogen and oxygen atoms in total. The summed E-state index contributed by atoms with van der Waals surface area (Å²) >= 11 is 0. The van der Waals surface area contributed by atoms with Crippen LogP contribution in [0.5, 0.6) is 5.75 Å². The van der Waals surface area contributed by atoms with Crippen molar-refractivity contribution in [1.82, 2.24) is 10.2 Å². The van der Waals surface area contributed by atoms with E-state index < -0.39 is 0 Å². The summed E-state index contributed by atoms with van der Waals surface area (Å²) in [6.07, 6.45) is 5.38. The van der Waals surface area contributed by atoms with Gasteiger partial charge < -0.3 is 10.1 Å². The van der Waals surface area contributed by atoms with E-state index in [1.165, 1.54) is 38.8 Å². The molecule has 2 heterocycles. The van der Waals surface area contributed by atoms with Gasteiger partial charge in [-0.15, -0.1) is 0 Å². The Bertz CT molecular complexity index is 376. The molecule has 2 aliphatic heterocycles. The van der Waals surface area contributed by atoms with E-state index in [4.69, 9.17) is 4.74 Å². The quantitative estimate of drug-likeness (QED) is 0.879. The van der Waals surface area contributed by atoms with E-state index >= 15 is 0 Å². The number of benzene rings is 1. The summed E-state index contributed by atoms with van der Waals surface area (Å²) in [7, 11) is 0. The number of nitrogens with zero attached hydrogens (tertiary/aromatic N) is 1. The lowest BCUT2D eigenvalue weighted by molar-refractivity contribution is 0.174. The van der Waals surface area contributed by atoms with E-state index in [1.807, 2.05) is 30.3 Å². The number of ether oxygens (including phenoxy) is 1. The first kappa shape index (κ1) is 12.9. The predicted octanol–water partition coefficient (Wildman–Crippen LogP) is 2.28. The summed E-state index contributed by atoms with van der Waals surface area (Å²) in [5.41, 5.74) is 0. The van der Waals surface area contributed by atoms with Crippen molar-refractivity contribution >= 4 is 0 Å². The van der Waals surface area contributed by atoms with Crippen LogP contribution in [-0.2, 0) is 0 Å². The molecule has 104 valence electrons. The lowest BCUT2D eigenvalue weighted by Gasteiger charge is -2.29. The third-order valence-corrected chi connectivity index (χ3v) is 4.37. The predicted molar refractivity (Wildman–Crippen MR) is 77.6 cm³/mol. The summed E-state index contributed by atoms with van der Waals surface area (Å²) in [4.78, 5) is 2.62. The third-order valence-electron chi connectivity index (χ3n) is 4.37. The molecular weight excluding hydrogens is 236 g/mol. The Morgan fingerprint density at radius 2 is 2.05 bits per heavy atom. The van der Waals surface area contributed by atoms with Crippen LogP contribution in [0.15, 0.2) is 30.3 Å². The molecule has 2 fully saturated rings. The maximum atomic E-state index is 5.82. The van der Waals surface area contributed by atoms with Crippen LogP contribution in [0.2, 0.25) is 0 Å². The zero-order valence-corrected chi connectivity index (χ0v) is 11.6. The first-order chi connectivity index (χ1) is 9.43. The van der Waals surface area contributed by atoms with Crippen LogP contribution >= 0.6 is 0 Å². The molecule has 3 heteroatoms. The minimum atomic E-state index is 0.722. The smallest absolute Gasteiger partial charge is 0.119 e. The lowest BCUT2D eigenvalue weighted by Crippen LogP contribution is -2.45. The second kappa shape index (κ2) is 6.40. The molecule has 19 heavy (non-hydrogen) atoms. The molecule has 0 aliphatic carbocycles. The fraction of sp³-hybridized carbons (Fsp3) is 0.625. The van der Waals surface area contributed by atoms with Gasteiger partial charge in [-0.1, -0.05) is 18.2 Å². The highest BCUT2D eigenvalue weighted by atomic mass is 16.5. The molecule has 0 aromatic heterocycles. The number of nitrogens with one attached hydrogen (secondary N) is 1. The van der Waals surface area contributed by atoms with Crippen molar-refractivity contribution < 1.29 is 4.74 Å². The number of hydrogen-bond donors (Lipinski definition) is 1. The topological polar surface area (TPSA) is 24.5 Å². The first-order valence-electron chi connectivity index (χ1n) is 7.59. The van der Waals surface area contributed by atoms with Gasteiger partial charge >= 0.3 is 0 Å². The third kappa shape index (κ3) is 3.28. The van der Waals surface area contributed by atoms with Crippen LogP contribution in [0.3, 0.4) is 0 Å². The summed E-state index contributed by atoms with van der Waals surface area (Å²) in [6, 6.07) is 11.6. The van der Waals surface area contributed by atoms with Gasteiger partial charge in [0.2, 0.25) is 0 Å². The Morgan fingerprint density at radius 3 is 2.84 bits per heavy atom. The number of para-hydroxylation sites is 1. The van der Waals surface area contributed by atoms with E-state index in [0.717, 1.165) is 31.0 Å². The van der Waals surface area contributed by atoms with Gasteiger partial charge in [-0.2, -0.15) is 0 Å². The first-order valence-corrected chi connectivity index (χ1v) is 7.59. The molecule has 1 aromatic rings. The highest BCUT2D eigenvalue weighted by Gasteiger charge is 2.32. The largest absolute Gasteiger partial charge is 0.492 e. The van der Waals surface area contributed by atoms with Gasteiger partial charge in [0.05, 0.1) is 0 Å². The molecule has 0 saturated carbocycles. The lowest BCUT2D eigenvalue weighted by atomic mass is 10.0. The summed E-state index contributed by atoms with van der Waals surface area (Å²) in [5, 5.41) is 3.65. The minimum absolute atomic E-state index is 0.722. The second-order valence-electron chi connectivity index (χ2n) is 5.61. The average Bonchev–Trinajstić information content (AvgIpc) is 3.10. The fourth-order valence-electron chi connectivity index (χ4n) is 3.42.